The van der Waals surface area contributed by atoms with E-state index in [1.807, 2.05) is 4.90 Å². The fourth-order valence-electron chi connectivity index (χ4n) is 4.45. The van der Waals surface area contributed by atoms with Crippen molar-refractivity contribution in [3.8, 4) is 11.8 Å². The van der Waals surface area contributed by atoms with Crippen molar-refractivity contribution in [3.63, 3.8) is 0 Å². The molecule has 0 unspecified atom stereocenters. The molecule has 2 N–H and O–H groups in total. The van der Waals surface area contributed by atoms with Crippen molar-refractivity contribution in [2.45, 2.75) is 33.0 Å². The second-order valence-electron chi connectivity index (χ2n) is 9.70. The fourth-order valence-corrected chi connectivity index (χ4v) is 4.45. The number of anilines is 2. The van der Waals surface area contributed by atoms with Crippen LogP contribution in [0.4, 0.5) is 24.7 Å². The van der Waals surface area contributed by atoms with Gasteiger partial charge in [0.2, 0.25) is 11.8 Å². The number of amides is 2. The van der Waals surface area contributed by atoms with Crippen molar-refractivity contribution in [2.75, 3.05) is 43.4 Å². The van der Waals surface area contributed by atoms with E-state index < -0.39 is 17.6 Å². The van der Waals surface area contributed by atoms with Crippen LogP contribution in [0.1, 0.15) is 41.8 Å². The van der Waals surface area contributed by atoms with Crippen molar-refractivity contribution >= 4 is 23.3 Å². The third-order valence-corrected chi connectivity index (χ3v) is 6.58. The Morgan fingerprint density at radius 3 is 2.32 bits per heavy atom. The molecule has 3 aromatic rings. The maximum absolute atomic E-state index is 13.9. The molecule has 1 saturated heterocycles. The Labute approximate surface area is 237 Å². The molecule has 1 aliphatic heterocycles. The Kier molecular flexibility index (Phi) is 9.70. The zero-order chi connectivity index (χ0) is 29.4. The lowest BCUT2D eigenvalue weighted by molar-refractivity contribution is -0.138. The van der Waals surface area contributed by atoms with Gasteiger partial charge < -0.3 is 15.5 Å². The SMILES string of the molecule is CCN1CCN(Cc2ccc(NC(=O)Cc3cc(C#Cc4ccc(NC(C)=O)nc4)ccn3)cc2C(F)(F)F)CC1. The Morgan fingerprint density at radius 2 is 1.66 bits per heavy atom. The number of halogens is 3. The van der Waals surface area contributed by atoms with Gasteiger partial charge in [0.15, 0.2) is 0 Å². The molecule has 2 aromatic heterocycles. The molecule has 0 atom stereocenters. The minimum Gasteiger partial charge on any atom is -0.326 e. The number of carbonyl (C=O) groups is 2. The van der Waals surface area contributed by atoms with Crippen LogP contribution in [0.5, 0.6) is 0 Å². The molecular formula is C30H31F3N6O2. The molecule has 0 bridgehead atoms. The molecule has 1 fully saturated rings. The topological polar surface area (TPSA) is 90.5 Å². The van der Waals surface area contributed by atoms with Gasteiger partial charge in [-0.1, -0.05) is 24.8 Å². The number of nitrogens with one attached hydrogen (secondary N) is 2. The van der Waals surface area contributed by atoms with Gasteiger partial charge in [-0.2, -0.15) is 13.2 Å². The largest absolute Gasteiger partial charge is 0.416 e. The third-order valence-electron chi connectivity index (χ3n) is 6.58. The highest BCUT2D eigenvalue weighted by molar-refractivity contribution is 5.92. The summed E-state index contributed by atoms with van der Waals surface area (Å²) in [5.41, 5.74) is 1.18. The van der Waals surface area contributed by atoms with E-state index in [2.05, 4.69) is 44.3 Å². The Morgan fingerprint density at radius 1 is 0.927 bits per heavy atom. The highest BCUT2D eigenvalue weighted by Gasteiger charge is 2.34. The summed E-state index contributed by atoms with van der Waals surface area (Å²) in [6.45, 7) is 7.68. The maximum atomic E-state index is 13.9. The van der Waals surface area contributed by atoms with Gasteiger partial charge in [-0.25, -0.2) is 4.98 Å². The van der Waals surface area contributed by atoms with Crippen molar-refractivity contribution in [3.05, 3.63) is 82.8 Å². The number of piperazine rings is 1. The average molecular weight is 565 g/mol. The first kappa shape index (κ1) is 29.7. The van der Waals surface area contributed by atoms with Crippen LogP contribution in [0.15, 0.2) is 54.9 Å². The molecule has 0 spiro atoms. The van der Waals surface area contributed by atoms with Crippen LogP contribution in [-0.4, -0.2) is 64.3 Å². The molecular weight excluding hydrogens is 533 g/mol. The van der Waals surface area contributed by atoms with Gasteiger partial charge in [0.1, 0.15) is 5.82 Å². The molecule has 4 rings (SSSR count). The third kappa shape index (κ3) is 8.86. The van der Waals surface area contributed by atoms with E-state index in [1.165, 1.54) is 31.5 Å². The number of nitrogens with zero attached hydrogens (tertiary/aromatic N) is 4. The van der Waals surface area contributed by atoms with E-state index in [4.69, 9.17) is 0 Å². The highest BCUT2D eigenvalue weighted by atomic mass is 19.4. The van der Waals surface area contributed by atoms with Gasteiger partial charge in [-0.05, 0) is 48.5 Å². The van der Waals surface area contributed by atoms with Crippen LogP contribution in [-0.2, 0) is 28.7 Å². The van der Waals surface area contributed by atoms with Crippen LogP contribution in [0, 0.1) is 11.8 Å². The number of alkyl halides is 3. The molecule has 41 heavy (non-hydrogen) atoms. The summed E-state index contributed by atoms with van der Waals surface area (Å²) >= 11 is 0. The standard InChI is InChI=1S/C30H31F3N6O2/c1-3-38-12-14-39(15-13-38)20-24-7-8-25(17-27(24)30(31,32)33)37-29(41)18-26-16-22(10-11-34-26)4-5-23-6-9-28(35-19-23)36-21(2)40/h6-11,16-17,19H,3,12-15,18,20H2,1-2H3,(H,37,41)(H,35,36,40). The molecule has 214 valence electrons. The van der Waals surface area contributed by atoms with Crippen LogP contribution >= 0.6 is 0 Å². The number of rotatable bonds is 7. The Hall–Kier alpha value is -4.27. The quantitative estimate of drug-likeness (QED) is 0.419. The first-order valence-electron chi connectivity index (χ1n) is 13.2. The number of benzene rings is 1. The summed E-state index contributed by atoms with van der Waals surface area (Å²) in [6, 6.07) is 10.6. The van der Waals surface area contributed by atoms with Crippen molar-refractivity contribution < 1.29 is 22.8 Å². The first-order valence-corrected chi connectivity index (χ1v) is 13.2. The number of hydrogen-bond donors (Lipinski definition) is 2. The van der Waals surface area contributed by atoms with Gasteiger partial charge >= 0.3 is 6.18 Å². The van der Waals surface area contributed by atoms with Crippen LogP contribution in [0.3, 0.4) is 0 Å². The second-order valence-corrected chi connectivity index (χ2v) is 9.70. The van der Waals surface area contributed by atoms with Gasteiger partial charge in [0.05, 0.1) is 17.7 Å². The molecule has 2 amide bonds. The van der Waals surface area contributed by atoms with E-state index in [-0.39, 0.29) is 30.1 Å². The maximum Gasteiger partial charge on any atom is 0.416 e. The van der Waals surface area contributed by atoms with Crippen LogP contribution < -0.4 is 10.6 Å². The zero-order valence-corrected chi connectivity index (χ0v) is 22.9. The average Bonchev–Trinajstić information content (AvgIpc) is 2.93. The molecule has 3 heterocycles. The Bertz CT molecular complexity index is 1440. The van der Waals surface area contributed by atoms with E-state index in [0.717, 1.165) is 25.7 Å². The molecule has 1 aromatic carbocycles. The zero-order valence-electron chi connectivity index (χ0n) is 22.9. The summed E-state index contributed by atoms with van der Waals surface area (Å²) in [5, 5.41) is 5.15. The van der Waals surface area contributed by atoms with Gasteiger partial charge in [0, 0.05) is 68.9 Å². The number of aromatic nitrogens is 2. The number of pyridine rings is 2. The minimum atomic E-state index is -4.55. The van der Waals surface area contributed by atoms with Gasteiger partial charge in [-0.3, -0.25) is 19.5 Å². The summed E-state index contributed by atoms with van der Waals surface area (Å²) in [4.78, 5) is 36.4. The molecule has 0 radical (unpaired) electrons. The normalized spacial score (nSPS) is 14.2. The second kappa shape index (κ2) is 13.4. The van der Waals surface area contributed by atoms with Crippen molar-refractivity contribution in [2.24, 2.45) is 0 Å². The van der Waals surface area contributed by atoms with E-state index in [9.17, 15) is 22.8 Å². The number of carbonyl (C=O) groups excluding carboxylic acids is 2. The predicted octanol–water partition coefficient (Wildman–Crippen LogP) is 4.17. The minimum absolute atomic E-state index is 0.0769. The molecule has 1 aliphatic rings. The fraction of sp³-hybridized carbons (Fsp3) is 0.333. The molecule has 11 heteroatoms. The number of likely N-dealkylation sites (N-methyl/N-ethyl adjacent to an activating group) is 1. The summed E-state index contributed by atoms with van der Waals surface area (Å²) in [7, 11) is 0. The van der Waals surface area contributed by atoms with Gasteiger partial charge in [-0.15, -0.1) is 0 Å². The molecule has 0 aliphatic carbocycles. The lowest BCUT2D eigenvalue weighted by Gasteiger charge is -2.34. The lowest BCUT2D eigenvalue weighted by atomic mass is 10.0. The molecule has 8 nitrogen and oxygen atoms in total. The molecule has 0 saturated carbocycles. The van der Waals surface area contributed by atoms with Gasteiger partial charge in [0.25, 0.3) is 0 Å². The first-order chi connectivity index (χ1) is 19.6. The summed E-state index contributed by atoms with van der Waals surface area (Å²) < 4.78 is 41.7. The summed E-state index contributed by atoms with van der Waals surface area (Å²) in [5.74, 6) is 5.64. The van der Waals surface area contributed by atoms with E-state index in [1.54, 1.807) is 24.3 Å². The van der Waals surface area contributed by atoms with Crippen molar-refractivity contribution in [1.82, 2.24) is 19.8 Å². The van der Waals surface area contributed by atoms with Crippen molar-refractivity contribution in [1.29, 1.82) is 0 Å². The van der Waals surface area contributed by atoms with E-state index in [0.29, 0.717) is 35.7 Å². The van der Waals surface area contributed by atoms with Crippen LogP contribution in [0.25, 0.3) is 0 Å². The predicted molar refractivity (Wildman–Crippen MR) is 150 cm³/mol. The highest BCUT2D eigenvalue weighted by Crippen LogP contribution is 2.34. The lowest BCUT2D eigenvalue weighted by Crippen LogP contribution is -2.45. The van der Waals surface area contributed by atoms with Crippen LogP contribution in [0.2, 0.25) is 0 Å². The monoisotopic (exact) mass is 564 g/mol. The summed E-state index contributed by atoms with van der Waals surface area (Å²) in [6.07, 6.45) is -1.63. The smallest absolute Gasteiger partial charge is 0.326 e. The Balaban J connectivity index is 1.39. The number of hydrogen-bond acceptors (Lipinski definition) is 6. The van der Waals surface area contributed by atoms with E-state index >= 15 is 0 Å².